The highest BCUT2D eigenvalue weighted by atomic mass is 35.5. The van der Waals surface area contributed by atoms with E-state index in [0.717, 1.165) is 0 Å². The highest BCUT2D eigenvalue weighted by Gasteiger charge is 2.09. The molecule has 0 spiro atoms. The quantitative estimate of drug-likeness (QED) is 0.302. The van der Waals surface area contributed by atoms with E-state index in [1.807, 2.05) is 0 Å². The third-order valence-electron chi connectivity index (χ3n) is 4.69. The number of benzene rings is 2. The van der Waals surface area contributed by atoms with Crippen LogP contribution in [0.25, 0.3) is 21.8 Å². The molecule has 37 heavy (non-hydrogen) atoms. The Labute approximate surface area is 241 Å². The average molecular weight is 616 g/mol. The van der Waals surface area contributed by atoms with E-state index in [2.05, 4.69) is 25.9 Å². The Morgan fingerprint density at radius 1 is 0.703 bits per heavy atom. The zero-order valence-electron chi connectivity index (χ0n) is 18.9. The molecule has 2 heterocycles. The van der Waals surface area contributed by atoms with Crippen molar-refractivity contribution in [3.05, 3.63) is 81.9 Å². The first-order valence-electron chi connectivity index (χ1n) is 9.70. The molecule has 4 aromatic rings. The van der Waals surface area contributed by atoms with Crippen LogP contribution in [0.15, 0.2) is 70.8 Å². The number of amides is 3. The van der Waals surface area contributed by atoms with Crippen molar-refractivity contribution >= 4 is 95.8 Å². The van der Waals surface area contributed by atoms with E-state index in [1.165, 1.54) is 21.8 Å². The van der Waals surface area contributed by atoms with Gasteiger partial charge in [-0.05, 0) is 24.3 Å². The molecule has 11 nitrogen and oxygen atoms in total. The van der Waals surface area contributed by atoms with E-state index >= 15 is 0 Å². The van der Waals surface area contributed by atoms with Gasteiger partial charge in [0.15, 0.2) is 0 Å². The molecule has 0 atom stereocenters. The standard InChI is InChI=1S/C21H19N7O4.5ClH/c29-18(9-22-10-27-11-23-16-7-3-1-5-14(16)19(27)30)26-21(32)25-13-28-12-24-17-8-4-2-6-15(17)20(28)31;;;;;/h1-8,11-12,22H,9-10,13H2,(H2,25,26,29,32);5*1H. The number of hydrogen-bond donors (Lipinski definition) is 3. The molecular weight excluding hydrogens is 592 g/mol. The van der Waals surface area contributed by atoms with Gasteiger partial charge in [0.2, 0.25) is 5.91 Å². The van der Waals surface area contributed by atoms with Crippen molar-refractivity contribution in [1.82, 2.24) is 35.1 Å². The summed E-state index contributed by atoms with van der Waals surface area (Å²) in [6.45, 7) is -0.310. The van der Waals surface area contributed by atoms with Crippen LogP contribution in [0.1, 0.15) is 0 Å². The second-order valence-electron chi connectivity index (χ2n) is 6.87. The van der Waals surface area contributed by atoms with Gasteiger partial charge in [0.05, 0.1) is 47.7 Å². The number of imide groups is 1. The zero-order chi connectivity index (χ0) is 22.5. The Balaban J connectivity index is 0. The molecule has 3 amide bonds. The van der Waals surface area contributed by atoms with Crippen LogP contribution in [0, 0.1) is 0 Å². The van der Waals surface area contributed by atoms with Crippen molar-refractivity contribution < 1.29 is 9.59 Å². The van der Waals surface area contributed by atoms with E-state index in [0.29, 0.717) is 21.8 Å². The maximum absolute atomic E-state index is 12.4. The van der Waals surface area contributed by atoms with Crippen molar-refractivity contribution in [1.29, 1.82) is 0 Å². The summed E-state index contributed by atoms with van der Waals surface area (Å²) in [6.07, 6.45) is 2.71. The van der Waals surface area contributed by atoms with Crippen LogP contribution in [-0.2, 0) is 18.1 Å². The minimum atomic E-state index is -0.763. The Kier molecular flexibility index (Phi) is 16.4. The van der Waals surface area contributed by atoms with Gasteiger partial charge >= 0.3 is 6.03 Å². The van der Waals surface area contributed by atoms with Gasteiger partial charge in [0, 0.05) is 0 Å². The molecule has 0 aliphatic rings. The van der Waals surface area contributed by atoms with Crippen molar-refractivity contribution in [3.63, 3.8) is 0 Å². The average Bonchev–Trinajstić information content (AvgIpc) is 2.80. The highest BCUT2D eigenvalue weighted by Crippen LogP contribution is 2.05. The molecule has 16 heteroatoms. The van der Waals surface area contributed by atoms with Gasteiger partial charge < -0.3 is 5.32 Å². The molecule has 202 valence electrons. The molecule has 0 fully saturated rings. The van der Waals surface area contributed by atoms with E-state index in [4.69, 9.17) is 0 Å². The van der Waals surface area contributed by atoms with E-state index in [9.17, 15) is 19.2 Å². The normalized spacial score (nSPS) is 9.41. The third-order valence-corrected chi connectivity index (χ3v) is 4.69. The Bertz CT molecular complexity index is 1450. The number of hydrogen-bond acceptors (Lipinski definition) is 7. The second kappa shape index (κ2) is 16.7. The topological polar surface area (TPSA) is 140 Å². The first-order chi connectivity index (χ1) is 15.5. The minimum absolute atomic E-state index is 0. The van der Waals surface area contributed by atoms with Gasteiger partial charge in [-0.25, -0.2) is 14.8 Å². The summed E-state index contributed by atoms with van der Waals surface area (Å²) in [6, 6.07) is 13.1. The molecule has 0 bridgehead atoms. The Morgan fingerprint density at radius 2 is 1.16 bits per heavy atom. The second-order valence-corrected chi connectivity index (χ2v) is 6.87. The van der Waals surface area contributed by atoms with Gasteiger partial charge in [-0.1, -0.05) is 24.3 Å². The molecule has 2 aromatic heterocycles. The predicted octanol–water partition coefficient (Wildman–Crippen LogP) is 2.25. The van der Waals surface area contributed by atoms with Crippen molar-refractivity contribution in [2.24, 2.45) is 0 Å². The molecule has 0 radical (unpaired) electrons. The monoisotopic (exact) mass is 613 g/mol. The number of urea groups is 1. The lowest BCUT2D eigenvalue weighted by Crippen LogP contribution is -2.45. The van der Waals surface area contributed by atoms with E-state index in [-0.39, 0.29) is 93.0 Å². The van der Waals surface area contributed by atoms with Crippen LogP contribution < -0.4 is 27.1 Å². The summed E-state index contributed by atoms with van der Waals surface area (Å²) < 4.78 is 2.55. The van der Waals surface area contributed by atoms with Gasteiger partial charge in [-0.3, -0.25) is 34.2 Å². The number of carbonyl (C=O) groups is 2. The summed E-state index contributed by atoms with van der Waals surface area (Å²) in [5.74, 6) is -0.603. The fourth-order valence-electron chi connectivity index (χ4n) is 3.10. The lowest BCUT2D eigenvalue weighted by Gasteiger charge is -2.10. The molecule has 2 aromatic carbocycles. The smallest absolute Gasteiger partial charge is 0.320 e. The number of nitrogens with zero attached hydrogens (tertiary/aromatic N) is 4. The lowest BCUT2D eigenvalue weighted by atomic mass is 10.2. The number of fused-ring (bicyclic) bond motifs is 2. The zero-order valence-corrected chi connectivity index (χ0v) is 22.9. The fourth-order valence-corrected chi connectivity index (χ4v) is 3.10. The first kappa shape index (κ1) is 36.2. The summed E-state index contributed by atoms with van der Waals surface area (Å²) >= 11 is 0. The first-order valence-corrected chi connectivity index (χ1v) is 9.70. The number of halogens is 5. The van der Waals surface area contributed by atoms with Crippen LogP contribution in [0.2, 0.25) is 0 Å². The van der Waals surface area contributed by atoms with Crippen molar-refractivity contribution in [3.8, 4) is 0 Å². The van der Waals surface area contributed by atoms with Crippen LogP contribution in [-0.4, -0.2) is 37.6 Å². The summed E-state index contributed by atoms with van der Waals surface area (Å²) in [4.78, 5) is 57.1. The number of aromatic nitrogens is 4. The molecule has 0 saturated heterocycles. The number of para-hydroxylation sites is 2. The molecule has 0 unspecified atom stereocenters. The minimum Gasteiger partial charge on any atom is -0.320 e. The SMILES string of the molecule is Cl.Cl.Cl.Cl.Cl.O=C(CNCn1cnc2ccccc2c1=O)NC(=O)NCn1cnc2ccccc2c1=O. The van der Waals surface area contributed by atoms with Crippen LogP contribution >= 0.6 is 62.0 Å². The Morgan fingerprint density at radius 3 is 1.68 bits per heavy atom. The number of nitrogens with one attached hydrogen (secondary N) is 3. The summed E-state index contributed by atoms with van der Waals surface area (Å²) in [5.41, 5.74) is 0.595. The van der Waals surface area contributed by atoms with Gasteiger partial charge in [0.1, 0.15) is 6.67 Å². The Hall–Kier alpha value is -2.93. The molecule has 0 aliphatic heterocycles. The molecule has 4 rings (SSSR count). The van der Waals surface area contributed by atoms with Crippen molar-refractivity contribution in [2.45, 2.75) is 13.3 Å². The summed E-state index contributed by atoms with van der Waals surface area (Å²) in [5, 5.41) is 8.26. The van der Waals surface area contributed by atoms with Gasteiger partial charge in [-0.2, -0.15) is 0 Å². The molecule has 0 saturated carbocycles. The summed E-state index contributed by atoms with van der Waals surface area (Å²) in [7, 11) is 0. The predicted molar refractivity (Wildman–Crippen MR) is 153 cm³/mol. The fraction of sp³-hybridized carbons (Fsp3) is 0.143. The van der Waals surface area contributed by atoms with E-state index < -0.39 is 11.9 Å². The number of carbonyl (C=O) groups excluding carboxylic acids is 2. The maximum Gasteiger partial charge on any atom is 0.322 e. The largest absolute Gasteiger partial charge is 0.322 e. The van der Waals surface area contributed by atoms with E-state index in [1.54, 1.807) is 48.5 Å². The van der Waals surface area contributed by atoms with Gasteiger partial charge in [-0.15, -0.1) is 62.0 Å². The molecule has 0 aliphatic carbocycles. The third kappa shape index (κ3) is 8.85. The highest BCUT2D eigenvalue weighted by molar-refractivity contribution is 5.95. The van der Waals surface area contributed by atoms with Crippen molar-refractivity contribution in [2.75, 3.05) is 6.54 Å². The van der Waals surface area contributed by atoms with Crippen LogP contribution in [0.4, 0.5) is 4.79 Å². The molecule has 3 N–H and O–H groups in total. The number of rotatable bonds is 6. The molecular formula is C21H24Cl5N7O4. The maximum atomic E-state index is 12.4. The van der Waals surface area contributed by atoms with Crippen LogP contribution in [0.3, 0.4) is 0 Å². The lowest BCUT2D eigenvalue weighted by molar-refractivity contribution is -0.119. The van der Waals surface area contributed by atoms with Crippen LogP contribution in [0.5, 0.6) is 0 Å². The van der Waals surface area contributed by atoms with Gasteiger partial charge in [0.25, 0.3) is 11.1 Å².